The maximum atomic E-state index is 5.92. The molecule has 0 spiro atoms. The van der Waals surface area contributed by atoms with Crippen LogP contribution in [-0.4, -0.2) is 36.7 Å². The van der Waals surface area contributed by atoms with E-state index in [2.05, 4.69) is 38.2 Å². The maximum Gasteiger partial charge on any atom is 0.204 e. The molecule has 0 amide bonds. The summed E-state index contributed by atoms with van der Waals surface area (Å²) in [6.45, 7) is 2.68. The van der Waals surface area contributed by atoms with E-state index in [0.29, 0.717) is 12.5 Å². The molecule has 3 rings (SSSR count). The van der Waals surface area contributed by atoms with Gasteiger partial charge in [0.05, 0.1) is 24.5 Å². The van der Waals surface area contributed by atoms with Gasteiger partial charge in [-0.25, -0.2) is 4.98 Å². The number of fused-ring (bicyclic) bond motifs is 1. The molecule has 0 aliphatic heterocycles. The lowest BCUT2D eigenvalue weighted by molar-refractivity contribution is 0.488. The van der Waals surface area contributed by atoms with Crippen LogP contribution in [0.25, 0.3) is 11.0 Å². The molecule has 0 aliphatic carbocycles. The molecule has 0 fully saturated rings. The van der Waals surface area contributed by atoms with Crippen LogP contribution in [0.5, 0.6) is 0 Å². The number of furan rings is 1. The lowest BCUT2D eigenvalue weighted by Crippen LogP contribution is -2.38. The monoisotopic (exact) mass is 482 g/mol. The Hall–Kier alpha value is -2.23. The van der Waals surface area contributed by atoms with Crippen LogP contribution in [0.4, 0.5) is 5.95 Å². The summed E-state index contributed by atoms with van der Waals surface area (Å²) in [6, 6.07) is 10.1. The Morgan fingerprint density at radius 1 is 1.33 bits per heavy atom. The third-order valence-electron chi connectivity index (χ3n) is 4.35. The van der Waals surface area contributed by atoms with Crippen LogP contribution in [-0.2, 0) is 13.6 Å². The van der Waals surface area contributed by atoms with Crippen LogP contribution in [0.1, 0.15) is 24.4 Å². The van der Waals surface area contributed by atoms with E-state index in [1.54, 1.807) is 7.05 Å². The first kappa shape index (κ1) is 21.1. The summed E-state index contributed by atoms with van der Waals surface area (Å²) in [4.78, 5) is 10.7. The largest absolute Gasteiger partial charge is 0.459 e. The number of hydrogen-bond donors (Lipinski definition) is 2. The summed E-state index contributed by atoms with van der Waals surface area (Å²) in [6.07, 6.45) is 1.87. The minimum Gasteiger partial charge on any atom is -0.459 e. The van der Waals surface area contributed by atoms with Crippen LogP contribution < -0.4 is 15.5 Å². The number of imidazole rings is 1. The molecule has 8 heteroatoms. The fourth-order valence-electron chi connectivity index (χ4n) is 2.87. The topological polar surface area (TPSA) is 70.6 Å². The van der Waals surface area contributed by atoms with Gasteiger partial charge < -0.3 is 24.5 Å². The predicted molar refractivity (Wildman–Crippen MR) is 121 cm³/mol. The number of nitrogens with zero attached hydrogens (tertiary/aromatic N) is 4. The number of benzene rings is 1. The van der Waals surface area contributed by atoms with E-state index in [1.165, 1.54) is 0 Å². The number of halogens is 1. The van der Waals surface area contributed by atoms with Crippen LogP contribution in [0.2, 0.25) is 0 Å². The molecular formula is C19H27IN6O. The summed E-state index contributed by atoms with van der Waals surface area (Å²) in [5.41, 5.74) is 1.97. The smallest absolute Gasteiger partial charge is 0.204 e. The molecule has 0 saturated carbocycles. The Balaban J connectivity index is 0.00000261. The van der Waals surface area contributed by atoms with Gasteiger partial charge in [0, 0.05) is 33.6 Å². The van der Waals surface area contributed by atoms with E-state index in [4.69, 9.17) is 4.42 Å². The van der Waals surface area contributed by atoms with E-state index >= 15 is 0 Å². The molecule has 0 aliphatic rings. The van der Waals surface area contributed by atoms with Crippen molar-refractivity contribution in [1.29, 1.82) is 0 Å². The van der Waals surface area contributed by atoms with E-state index in [1.807, 2.05) is 56.5 Å². The van der Waals surface area contributed by atoms with Gasteiger partial charge in [0.1, 0.15) is 11.3 Å². The van der Waals surface area contributed by atoms with Crippen molar-refractivity contribution in [2.24, 2.45) is 12.0 Å². The highest BCUT2D eigenvalue weighted by atomic mass is 127. The minimum atomic E-state index is -0.00234. The lowest BCUT2D eigenvalue weighted by atomic mass is 10.2. The second-order valence-corrected chi connectivity index (χ2v) is 6.48. The first-order valence-electron chi connectivity index (χ1n) is 8.63. The summed E-state index contributed by atoms with van der Waals surface area (Å²) < 4.78 is 7.98. The highest BCUT2D eigenvalue weighted by Crippen LogP contribution is 2.23. The number of nitrogens with one attached hydrogen (secondary N) is 2. The zero-order chi connectivity index (χ0) is 18.7. The van der Waals surface area contributed by atoms with Crippen LogP contribution in [0, 0.1) is 0 Å². The first-order chi connectivity index (χ1) is 12.5. The zero-order valence-electron chi connectivity index (χ0n) is 16.4. The van der Waals surface area contributed by atoms with E-state index in [0.717, 1.165) is 28.4 Å². The minimum absolute atomic E-state index is 0. The first-order valence-corrected chi connectivity index (χ1v) is 8.63. The Kier molecular flexibility index (Phi) is 7.11. The fraction of sp³-hybridized carbons (Fsp3) is 0.368. The van der Waals surface area contributed by atoms with Crippen molar-refractivity contribution in [2.45, 2.75) is 19.5 Å². The van der Waals surface area contributed by atoms with Crippen LogP contribution >= 0.6 is 24.0 Å². The number of rotatable bonds is 5. The molecule has 7 nitrogen and oxygen atoms in total. The Morgan fingerprint density at radius 2 is 2.07 bits per heavy atom. The number of anilines is 1. The molecule has 0 radical (unpaired) electrons. The molecular weight excluding hydrogens is 455 g/mol. The van der Waals surface area contributed by atoms with Gasteiger partial charge in [-0.1, -0.05) is 18.2 Å². The van der Waals surface area contributed by atoms with Crippen molar-refractivity contribution in [2.75, 3.05) is 26.0 Å². The van der Waals surface area contributed by atoms with Gasteiger partial charge in [0.25, 0.3) is 0 Å². The van der Waals surface area contributed by atoms with Crippen molar-refractivity contribution in [3.63, 3.8) is 0 Å². The summed E-state index contributed by atoms with van der Waals surface area (Å²) in [5, 5.41) is 7.80. The SMILES string of the molecule is CN=C(NCc1cnc(N(C)C)n1C)NC(C)c1cc2ccccc2o1.I. The third-order valence-corrected chi connectivity index (χ3v) is 4.35. The van der Waals surface area contributed by atoms with Crippen molar-refractivity contribution in [3.05, 3.63) is 48.0 Å². The molecule has 146 valence electrons. The van der Waals surface area contributed by atoms with E-state index in [9.17, 15) is 0 Å². The zero-order valence-corrected chi connectivity index (χ0v) is 18.7. The van der Waals surface area contributed by atoms with Crippen molar-refractivity contribution < 1.29 is 4.42 Å². The maximum absolute atomic E-state index is 5.92. The average Bonchev–Trinajstić information content (AvgIpc) is 3.22. The van der Waals surface area contributed by atoms with Crippen molar-refractivity contribution in [1.82, 2.24) is 20.2 Å². The quantitative estimate of drug-likeness (QED) is 0.332. The predicted octanol–water partition coefficient (Wildman–Crippen LogP) is 3.28. The molecule has 3 aromatic rings. The number of aliphatic imine (C=N–C) groups is 1. The highest BCUT2D eigenvalue weighted by Gasteiger charge is 2.14. The van der Waals surface area contributed by atoms with Gasteiger partial charge in [-0.15, -0.1) is 24.0 Å². The molecule has 2 N–H and O–H groups in total. The summed E-state index contributed by atoms with van der Waals surface area (Å²) >= 11 is 0. The molecule has 27 heavy (non-hydrogen) atoms. The normalized spacial score (nSPS) is 12.6. The number of hydrogen-bond acceptors (Lipinski definition) is 4. The van der Waals surface area contributed by atoms with Gasteiger partial charge >= 0.3 is 0 Å². The molecule has 2 heterocycles. The summed E-state index contributed by atoms with van der Waals surface area (Å²) in [5.74, 6) is 2.51. The standard InChI is InChI=1S/C19H26N6O.HI/c1-13(17-10-14-8-6-7-9-16(14)26-17)23-18(20-2)21-11-15-12-22-19(24(3)4)25(15)5;/h6-10,12-13H,11H2,1-5H3,(H2,20,21,23);1H. The van der Waals surface area contributed by atoms with Gasteiger partial charge in [-0.2, -0.15) is 0 Å². The molecule has 1 aromatic carbocycles. The van der Waals surface area contributed by atoms with E-state index in [-0.39, 0.29) is 30.0 Å². The third kappa shape index (κ3) is 4.74. The van der Waals surface area contributed by atoms with Gasteiger partial charge in [-0.05, 0) is 19.1 Å². The number of guanidine groups is 1. The molecule has 1 atom stereocenters. The van der Waals surface area contributed by atoms with Crippen molar-refractivity contribution >= 4 is 46.9 Å². The second kappa shape index (κ2) is 9.12. The molecule has 0 saturated heterocycles. The fourth-order valence-corrected chi connectivity index (χ4v) is 2.87. The number of para-hydroxylation sites is 1. The van der Waals surface area contributed by atoms with Crippen LogP contribution in [0.15, 0.2) is 45.9 Å². The molecule has 0 bridgehead atoms. The van der Waals surface area contributed by atoms with Gasteiger partial charge in [-0.3, -0.25) is 4.99 Å². The average molecular weight is 482 g/mol. The van der Waals surface area contributed by atoms with Crippen molar-refractivity contribution in [3.8, 4) is 0 Å². The van der Waals surface area contributed by atoms with Crippen LogP contribution in [0.3, 0.4) is 0 Å². The Bertz CT molecular complexity index is 881. The summed E-state index contributed by atoms with van der Waals surface area (Å²) in [7, 11) is 7.73. The van der Waals surface area contributed by atoms with Gasteiger partial charge in [0.15, 0.2) is 5.96 Å². The molecule has 1 unspecified atom stereocenters. The Morgan fingerprint density at radius 3 is 2.70 bits per heavy atom. The van der Waals surface area contributed by atoms with E-state index < -0.39 is 0 Å². The Labute approximate surface area is 176 Å². The lowest BCUT2D eigenvalue weighted by Gasteiger charge is -2.17. The van der Waals surface area contributed by atoms with Gasteiger partial charge in [0.2, 0.25) is 5.95 Å². The molecule has 2 aromatic heterocycles. The second-order valence-electron chi connectivity index (χ2n) is 6.48. The number of aromatic nitrogens is 2. The highest BCUT2D eigenvalue weighted by molar-refractivity contribution is 14.0.